The Bertz CT molecular complexity index is 1400. The van der Waals surface area contributed by atoms with Gasteiger partial charge in [0.1, 0.15) is 22.9 Å². The first-order valence-corrected chi connectivity index (χ1v) is 13.9. The highest BCUT2D eigenvalue weighted by molar-refractivity contribution is 6.58. The molecule has 2 aliphatic heterocycles. The number of nitrogens with zero attached hydrogens (tertiary/aromatic N) is 3. The summed E-state index contributed by atoms with van der Waals surface area (Å²) in [6.45, 7) is 2.57. The number of amides is 1. The van der Waals surface area contributed by atoms with Crippen LogP contribution >= 0.6 is 0 Å². The van der Waals surface area contributed by atoms with Gasteiger partial charge in [0.2, 0.25) is 0 Å². The second-order valence-corrected chi connectivity index (χ2v) is 11.8. The Morgan fingerprint density at radius 2 is 1.85 bits per heavy atom. The Kier molecular flexibility index (Phi) is 6.90. The largest absolute Gasteiger partial charge is 0.488 e. The Hall–Kier alpha value is -3.03. The summed E-state index contributed by atoms with van der Waals surface area (Å²) in [6, 6.07) is 4.89. The van der Waals surface area contributed by atoms with E-state index in [1.165, 1.54) is 12.1 Å². The standard InChI is InChI=1S/C28H31BF4N4O4/c1-26(7-2-8-26)23-18(5-6-22(34-23)28(31,32)33)24-35-25(38)27(36-24)9-11-37(12-10-27)21-14-16(29(39)40)13-20(30)19(21)15-41-17-3-4-17/h5-6,13-14,17,39-40H,2-4,7-12,15H2,1H3,(H,35,36,38). The average Bonchev–Trinajstić information content (AvgIpc) is 3.69. The molecule has 1 aromatic heterocycles. The number of carbonyl (C=O) groups excluding carboxylic acids is 1. The monoisotopic (exact) mass is 574 g/mol. The summed E-state index contributed by atoms with van der Waals surface area (Å²) in [7, 11) is -1.85. The molecular formula is C28H31BF4N4O4. The predicted octanol–water partition coefficient (Wildman–Crippen LogP) is 2.96. The van der Waals surface area contributed by atoms with E-state index in [-0.39, 0.29) is 42.8 Å². The number of rotatable bonds is 7. The van der Waals surface area contributed by atoms with Crippen molar-refractivity contribution in [2.45, 2.75) is 81.7 Å². The first-order chi connectivity index (χ1) is 19.4. The number of carbonyl (C=O) groups is 1. The van der Waals surface area contributed by atoms with Crippen molar-refractivity contribution in [3.63, 3.8) is 0 Å². The lowest BCUT2D eigenvalue weighted by Crippen LogP contribution is -2.49. The molecule has 13 heteroatoms. The molecule has 0 bridgehead atoms. The summed E-state index contributed by atoms with van der Waals surface area (Å²) in [5, 5.41) is 22.2. The van der Waals surface area contributed by atoms with Crippen LogP contribution in [0.15, 0.2) is 29.3 Å². The number of ether oxygens (including phenoxy) is 1. The number of hydrogen-bond acceptors (Lipinski definition) is 7. The maximum Gasteiger partial charge on any atom is 0.488 e. The lowest BCUT2D eigenvalue weighted by molar-refractivity contribution is -0.141. The van der Waals surface area contributed by atoms with Gasteiger partial charge in [-0.2, -0.15) is 13.2 Å². The number of benzene rings is 1. The van der Waals surface area contributed by atoms with Crippen LogP contribution in [0.2, 0.25) is 0 Å². The summed E-state index contributed by atoms with van der Waals surface area (Å²) in [5.74, 6) is -0.709. The van der Waals surface area contributed by atoms with Gasteiger partial charge in [0.05, 0.1) is 18.4 Å². The molecule has 2 aromatic rings. The van der Waals surface area contributed by atoms with Crippen molar-refractivity contribution >= 4 is 30.0 Å². The number of nitrogens with one attached hydrogen (secondary N) is 1. The summed E-state index contributed by atoms with van der Waals surface area (Å²) < 4.78 is 61.3. The average molecular weight is 574 g/mol. The lowest BCUT2D eigenvalue weighted by Gasteiger charge is -2.39. The van der Waals surface area contributed by atoms with Crippen LogP contribution in [0, 0.1) is 5.82 Å². The van der Waals surface area contributed by atoms with E-state index < -0.39 is 35.8 Å². The fraction of sp³-hybridized carbons (Fsp3) is 0.536. The van der Waals surface area contributed by atoms with Crippen molar-refractivity contribution in [1.29, 1.82) is 0 Å². The molecule has 8 nitrogen and oxygen atoms in total. The van der Waals surface area contributed by atoms with Gasteiger partial charge in [0.15, 0.2) is 0 Å². The van der Waals surface area contributed by atoms with Gasteiger partial charge in [-0.05, 0) is 68.3 Å². The van der Waals surface area contributed by atoms with Crippen molar-refractivity contribution < 1.29 is 37.1 Å². The zero-order valence-electron chi connectivity index (χ0n) is 22.6. The normalized spacial score (nSPS) is 21.5. The molecule has 1 amide bonds. The quantitative estimate of drug-likeness (QED) is 0.347. The van der Waals surface area contributed by atoms with Crippen LogP contribution in [-0.4, -0.2) is 58.6 Å². The van der Waals surface area contributed by atoms with E-state index in [1.807, 2.05) is 11.8 Å². The van der Waals surface area contributed by atoms with Gasteiger partial charge in [-0.25, -0.2) is 9.37 Å². The topological polar surface area (TPSA) is 107 Å². The molecule has 3 N–H and O–H groups in total. The third-order valence-corrected chi connectivity index (χ3v) is 8.86. The molecule has 4 aliphatic rings. The molecule has 2 saturated carbocycles. The summed E-state index contributed by atoms with van der Waals surface area (Å²) in [5.41, 5.74) is -1.14. The van der Waals surface area contributed by atoms with Gasteiger partial charge in [-0.15, -0.1) is 0 Å². The zero-order chi connectivity index (χ0) is 29.2. The molecule has 1 aromatic carbocycles. The van der Waals surface area contributed by atoms with Gasteiger partial charge >= 0.3 is 13.3 Å². The van der Waals surface area contributed by atoms with Gasteiger partial charge in [0, 0.05) is 35.3 Å². The minimum atomic E-state index is -4.59. The minimum absolute atomic E-state index is 0.0127. The first kappa shape index (κ1) is 28.1. The number of anilines is 1. The van der Waals surface area contributed by atoms with Crippen LogP contribution in [0.1, 0.15) is 74.4 Å². The van der Waals surface area contributed by atoms with Gasteiger partial charge < -0.3 is 25.0 Å². The second kappa shape index (κ2) is 10.1. The van der Waals surface area contributed by atoms with E-state index >= 15 is 4.39 Å². The first-order valence-electron chi connectivity index (χ1n) is 13.9. The third-order valence-electron chi connectivity index (χ3n) is 8.86. The highest BCUT2D eigenvalue weighted by Crippen LogP contribution is 2.45. The summed E-state index contributed by atoms with van der Waals surface area (Å²) in [6.07, 6.45) is 0.169. The Morgan fingerprint density at radius 3 is 2.44 bits per heavy atom. The fourth-order valence-corrected chi connectivity index (χ4v) is 5.97. The Labute approximate surface area is 235 Å². The summed E-state index contributed by atoms with van der Waals surface area (Å²) >= 11 is 0. The van der Waals surface area contributed by atoms with E-state index in [0.717, 1.165) is 31.4 Å². The minimum Gasteiger partial charge on any atom is -0.423 e. The van der Waals surface area contributed by atoms with Crippen molar-refractivity contribution in [3.05, 3.63) is 52.6 Å². The van der Waals surface area contributed by atoms with Crippen LogP contribution in [-0.2, 0) is 27.7 Å². The SMILES string of the molecule is CC1(c2nc(C(F)(F)F)ccc2C2=NC3(CCN(c4cc(B(O)O)cc(F)c4COC4CC4)CC3)C(=O)N2)CCC1. The Balaban J connectivity index is 1.28. The van der Waals surface area contributed by atoms with Crippen molar-refractivity contribution in [3.8, 4) is 0 Å². The molecule has 41 heavy (non-hydrogen) atoms. The van der Waals surface area contributed by atoms with E-state index in [0.29, 0.717) is 48.4 Å². The summed E-state index contributed by atoms with van der Waals surface area (Å²) in [4.78, 5) is 24.0. The van der Waals surface area contributed by atoms with Crippen LogP contribution in [0.25, 0.3) is 0 Å². The molecule has 0 unspecified atom stereocenters. The molecule has 1 spiro atoms. The van der Waals surface area contributed by atoms with Crippen LogP contribution in [0.5, 0.6) is 0 Å². The molecule has 3 fully saturated rings. The van der Waals surface area contributed by atoms with E-state index in [1.54, 1.807) is 0 Å². The second-order valence-electron chi connectivity index (χ2n) is 11.8. The van der Waals surface area contributed by atoms with Crippen LogP contribution in [0.3, 0.4) is 0 Å². The molecule has 0 atom stereocenters. The molecular weight excluding hydrogens is 543 g/mol. The van der Waals surface area contributed by atoms with Crippen LogP contribution in [0.4, 0.5) is 23.2 Å². The van der Waals surface area contributed by atoms with Crippen molar-refractivity contribution in [1.82, 2.24) is 10.3 Å². The number of halogens is 4. The highest BCUT2D eigenvalue weighted by atomic mass is 19.4. The van der Waals surface area contributed by atoms with Gasteiger partial charge in [-0.3, -0.25) is 9.79 Å². The molecule has 0 radical (unpaired) electrons. The van der Waals surface area contributed by atoms with E-state index in [9.17, 15) is 28.0 Å². The number of pyridine rings is 1. The smallest absolute Gasteiger partial charge is 0.423 e. The Morgan fingerprint density at radius 1 is 1.15 bits per heavy atom. The fourth-order valence-electron chi connectivity index (χ4n) is 5.97. The molecule has 1 saturated heterocycles. The maximum absolute atomic E-state index is 15.1. The highest BCUT2D eigenvalue weighted by Gasteiger charge is 2.48. The number of aliphatic imine (C=N–C) groups is 1. The number of amidine groups is 1. The number of alkyl halides is 3. The number of piperidine rings is 1. The molecule has 3 heterocycles. The number of hydrogen-bond donors (Lipinski definition) is 3. The maximum atomic E-state index is 15.1. The third kappa shape index (κ3) is 5.23. The van der Waals surface area contributed by atoms with Crippen molar-refractivity contribution in [2.24, 2.45) is 4.99 Å². The lowest BCUT2D eigenvalue weighted by atomic mass is 9.67. The van der Waals surface area contributed by atoms with Crippen molar-refractivity contribution in [2.75, 3.05) is 18.0 Å². The van der Waals surface area contributed by atoms with Gasteiger partial charge in [0.25, 0.3) is 5.91 Å². The molecule has 6 rings (SSSR count). The molecule has 218 valence electrons. The molecule has 2 aliphatic carbocycles. The van der Waals surface area contributed by atoms with E-state index in [2.05, 4.69) is 10.3 Å². The zero-order valence-corrected chi connectivity index (χ0v) is 22.6. The van der Waals surface area contributed by atoms with Crippen LogP contribution < -0.4 is 15.7 Å². The predicted molar refractivity (Wildman–Crippen MR) is 143 cm³/mol. The number of aromatic nitrogens is 1. The van der Waals surface area contributed by atoms with Gasteiger partial charge in [-0.1, -0.05) is 13.3 Å². The van der Waals surface area contributed by atoms with E-state index in [4.69, 9.17) is 9.73 Å².